The Morgan fingerprint density at radius 1 is 0.884 bits per heavy atom. The van der Waals surface area contributed by atoms with Gasteiger partial charge in [-0.2, -0.15) is 0 Å². The van der Waals surface area contributed by atoms with Crippen molar-refractivity contribution in [3.63, 3.8) is 0 Å². The summed E-state index contributed by atoms with van der Waals surface area (Å²) in [4.78, 5) is 70.8. The SMILES string of the molecule is CC(C)C1=C2[C@H]3CC[C@@H]4[C@@]5(C)CC[C@H](OC(=O)[C@H]6C[C@@H](C(=O)O)C6(C)C)C(C)(C)[C@@H]5CC[C@@]4(C)[C@]3(C)CC[C@@]2(NC(=O)C(C)(C)NC(=O)c2ccc(Cl)cc2OCCN2CCS(=O)(=O)CC2)CC1=O. The normalized spacial score (nSPS) is 36.7. The number of rotatable bonds is 12. The Bertz CT molecular complexity index is 2430. The maximum absolute atomic E-state index is 14.8. The minimum Gasteiger partial charge on any atom is -0.491 e. The third kappa shape index (κ3) is 8.57. The standard InChI is InChI=1S/C54H78ClN3O10S/c1-31(2)42-37(59)30-54(57-47(64)50(7,8)56-44(60)33-13-12-32(55)28-38(33)67-25-22-58-23-26-69(65,66)27-24-58)21-20-52(10)34(43(42)54)14-15-40-51(9)18-17-41(49(5,6)39(51)16-19-53(40,52)11)68-46(63)36-29-35(45(61)62)48(36,3)4/h12-13,28,31,34-36,39-41H,14-27,29-30H2,1-11H3,(H,56,60)(H,57,64)(H,61,62)/t34-,35+,36-,39+,40-,41+,51+,52-,53-,54-/m1/s1. The van der Waals surface area contributed by atoms with Crippen molar-refractivity contribution in [3.05, 3.63) is 39.9 Å². The Balaban J connectivity index is 0.987. The number of hydrogen-bond donors (Lipinski definition) is 3. The van der Waals surface area contributed by atoms with Gasteiger partial charge in [0, 0.05) is 36.5 Å². The van der Waals surface area contributed by atoms with Crippen LogP contribution in [0, 0.1) is 62.6 Å². The molecular weight excluding hydrogens is 918 g/mol. The number of halogens is 1. The lowest BCUT2D eigenvalue weighted by Crippen LogP contribution is -2.68. The number of allylic oxidation sites excluding steroid dienone is 1. The highest BCUT2D eigenvalue weighted by molar-refractivity contribution is 7.91. The van der Waals surface area contributed by atoms with Gasteiger partial charge in [0.1, 0.15) is 24.0 Å². The fourth-order valence-electron chi connectivity index (χ4n) is 15.7. The molecule has 0 spiro atoms. The highest BCUT2D eigenvalue weighted by atomic mass is 35.5. The lowest BCUT2D eigenvalue weighted by Gasteiger charge is -2.72. The van der Waals surface area contributed by atoms with Crippen molar-refractivity contribution < 1.29 is 47.0 Å². The number of ether oxygens (including phenoxy) is 2. The number of fused-ring (bicyclic) bond motifs is 7. The summed E-state index contributed by atoms with van der Waals surface area (Å²) in [5, 5.41) is 16.5. The smallest absolute Gasteiger partial charge is 0.309 e. The Morgan fingerprint density at radius 3 is 2.20 bits per heavy atom. The van der Waals surface area contributed by atoms with E-state index in [9.17, 15) is 37.5 Å². The molecule has 69 heavy (non-hydrogen) atoms. The second-order valence-electron chi connectivity index (χ2n) is 25.1. The summed E-state index contributed by atoms with van der Waals surface area (Å²) < 4.78 is 36.3. The molecule has 1 aromatic rings. The van der Waals surface area contributed by atoms with Crippen LogP contribution in [0.2, 0.25) is 5.02 Å². The third-order valence-corrected chi connectivity index (χ3v) is 22.0. The number of ketones is 1. The number of carboxylic acid groups (broad SMARTS) is 1. The van der Waals surface area contributed by atoms with Crippen molar-refractivity contribution >= 4 is 51.0 Å². The molecule has 1 saturated heterocycles. The molecule has 382 valence electrons. The van der Waals surface area contributed by atoms with Gasteiger partial charge in [-0.15, -0.1) is 0 Å². The third-order valence-electron chi connectivity index (χ3n) is 20.1. The van der Waals surface area contributed by atoms with E-state index in [0.717, 1.165) is 56.1 Å². The van der Waals surface area contributed by atoms with Crippen LogP contribution in [0.3, 0.4) is 0 Å². The first-order valence-corrected chi connectivity index (χ1v) is 27.9. The van der Waals surface area contributed by atoms with Gasteiger partial charge in [-0.3, -0.25) is 28.9 Å². The first kappa shape index (κ1) is 51.9. The highest BCUT2D eigenvalue weighted by Gasteiger charge is 2.71. The molecule has 1 aliphatic heterocycles. The van der Waals surface area contributed by atoms with E-state index in [1.54, 1.807) is 32.0 Å². The quantitative estimate of drug-likeness (QED) is 0.171. The van der Waals surface area contributed by atoms with Gasteiger partial charge in [0.2, 0.25) is 5.91 Å². The Labute approximate surface area is 415 Å². The molecule has 13 nitrogen and oxygen atoms in total. The van der Waals surface area contributed by atoms with E-state index < -0.39 is 50.0 Å². The van der Waals surface area contributed by atoms with Crippen molar-refractivity contribution in [3.8, 4) is 5.75 Å². The van der Waals surface area contributed by atoms with E-state index in [0.29, 0.717) is 49.3 Å². The first-order valence-electron chi connectivity index (χ1n) is 25.7. The molecule has 10 atom stereocenters. The number of carbonyl (C=O) groups excluding carboxylic acids is 4. The maximum atomic E-state index is 14.8. The number of hydrogen-bond acceptors (Lipinski definition) is 10. The van der Waals surface area contributed by atoms with Gasteiger partial charge in [0.25, 0.3) is 5.91 Å². The summed E-state index contributed by atoms with van der Waals surface area (Å²) >= 11 is 6.36. The minimum absolute atomic E-state index is 0.0169. The van der Waals surface area contributed by atoms with Gasteiger partial charge in [-0.1, -0.05) is 73.9 Å². The van der Waals surface area contributed by atoms with Crippen LogP contribution >= 0.6 is 11.6 Å². The van der Waals surface area contributed by atoms with Crippen LogP contribution in [0.1, 0.15) is 151 Å². The highest BCUT2D eigenvalue weighted by Crippen LogP contribution is 2.76. The summed E-state index contributed by atoms with van der Waals surface area (Å²) in [6.07, 6.45) is 7.25. The van der Waals surface area contributed by atoms with E-state index in [1.807, 2.05) is 18.7 Å². The fraction of sp³-hybridized carbons (Fsp3) is 0.759. The van der Waals surface area contributed by atoms with Crippen LogP contribution in [-0.2, 0) is 33.8 Å². The van der Waals surface area contributed by atoms with Crippen molar-refractivity contribution in [2.75, 3.05) is 37.7 Å². The molecule has 6 aliphatic carbocycles. The van der Waals surface area contributed by atoms with E-state index in [2.05, 4.69) is 59.1 Å². The number of benzene rings is 1. The topological polar surface area (TPSA) is 185 Å². The second-order valence-corrected chi connectivity index (χ2v) is 27.8. The largest absolute Gasteiger partial charge is 0.491 e. The Kier molecular flexibility index (Phi) is 13.2. The fourth-order valence-corrected chi connectivity index (χ4v) is 17.2. The van der Waals surface area contributed by atoms with Crippen LogP contribution in [-0.4, -0.2) is 103 Å². The average Bonchev–Trinajstić information content (AvgIpc) is 3.53. The van der Waals surface area contributed by atoms with Crippen LogP contribution in [0.4, 0.5) is 0 Å². The molecule has 0 radical (unpaired) electrons. The molecular formula is C54H78ClN3O10S. The predicted molar refractivity (Wildman–Crippen MR) is 264 cm³/mol. The van der Waals surface area contributed by atoms with Crippen LogP contribution in [0.25, 0.3) is 0 Å². The molecule has 0 bridgehead atoms. The van der Waals surface area contributed by atoms with Gasteiger partial charge in [-0.05, 0) is 146 Å². The van der Waals surface area contributed by atoms with Gasteiger partial charge < -0.3 is 25.2 Å². The zero-order valence-electron chi connectivity index (χ0n) is 42.9. The van der Waals surface area contributed by atoms with Crippen molar-refractivity contribution in [1.29, 1.82) is 0 Å². The zero-order valence-corrected chi connectivity index (χ0v) is 44.5. The number of amides is 2. The van der Waals surface area contributed by atoms with Gasteiger partial charge >= 0.3 is 11.9 Å². The predicted octanol–water partition coefficient (Wildman–Crippen LogP) is 8.47. The molecule has 2 amide bonds. The maximum Gasteiger partial charge on any atom is 0.309 e. The molecule has 5 saturated carbocycles. The number of nitrogens with one attached hydrogen (secondary N) is 2. The average molecular weight is 997 g/mol. The Morgan fingerprint density at radius 2 is 1.57 bits per heavy atom. The molecule has 6 fully saturated rings. The van der Waals surface area contributed by atoms with E-state index in [4.69, 9.17) is 21.1 Å². The van der Waals surface area contributed by atoms with Crippen LogP contribution in [0.5, 0.6) is 5.75 Å². The molecule has 8 rings (SSSR count). The lowest BCUT2D eigenvalue weighted by molar-refractivity contribution is -0.235. The molecule has 3 N–H and O–H groups in total. The molecule has 0 aromatic heterocycles. The van der Waals surface area contributed by atoms with Gasteiger partial charge in [-0.25, -0.2) is 8.42 Å². The number of carbonyl (C=O) groups is 5. The molecule has 15 heteroatoms. The number of Topliss-reactive ketones (excluding diaryl/α,β-unsaturated/α-hetero) is 1. The van der Waals surface area contributed by atoms with E-state index >= 15 is 0 Å². The number of esters is 1. The molecule has 7 aliphatic rings. The second kappa shape index (κ2) is 17.6. The molecule has 0 unspecified atom stereocenters. The van der Waals surface area contributed by atoms with Crippen molar-refractivity contribution in [2.24, 2.45) is 62.6 Å². The monoisotopic (exact) mass is 996 g/mol. The van der Waals surface area contributed by atoms with Gasteiger partial charge in [0.15, 0.2) is 15.6 Å². The lowest BCUT2D eigenvalue weighted by atomic mass is 9.33. The van der Waals surface area contributed by atoms with Crippen molar-refractivity contribution in [2.45, 2.75) is 158 Å². The van der Waals surface area contributed by atoms with Crippen molar-refractivity contribution in [1.82, 2.24) is 15.5 Å². The van der Waals surface area contributed by atoms with E-state index in [1.165, 1.54) is 0 Å². The van der Waals surface area contributed by atoms with Crippen LogP contribution < -0.4 is 15.4 Å². The summed E-state index contributed by atoms with van der Waals surface area (Å²) in [6, 6.07) is 4.74. The summed E-state index contributed by atoms with van der Waals surface area (Å²) in [7, 11) is -3.02. The minimum atomic E-state index is -3.02. The number of aliphatic carboxylic acids is 1. The summed E-state index contributed by atoms with van der Waals surface area (Å²) in [6.45, 7) is 24.8. The van der Waals surface area contributed by atoms with Crippen LogP contribution in [0.15, 0.2) is 29.3 Å². The van der Waals surface area contributed by atoms with E-state index in [-0.39, 0.29) is 93.1 Å². The molecule has 1 heterocycles. The zero-order chi connectivity index (χ0) is 50.7. The number of carboxylic acids is 1. The molecule has 1 aromatic carbocycles. The summed E-state index contributed by atoms with van der Waals surface area (Å²) in [5.74, 6) is -1.69. The number of nitrogens with zero attached hydrogens (tertiary/aromatic N) is 1. The first-order chi connectivity index (χ1) is 31.9. The summed E-state index contributed by atoms with van der Waals surface area (Å²) in [5.41, 5.74) is -1.30. The Hall–Kier alpha value is -3.49. The van der Waals surface area contributed by atoms with Gasteiger partial charge in [0.05, 0.1) is 34.4 Å². The number of sulfone groups is 1.